The molecule has 4 amide bonds. The molecule has 0 radical (unpaired) electrons. The molecule has 3 saturated heterocycles. The SMILES string of the molecule is Cn1nc(N2CCC(=O)NC2=O)c2ccc(N3CCOC4(CCN(C(=O)OC(C)(C)C)CC4)C3)cc21. The lowest BCUT2D eigenvalue weighted by molar-refractivity contribution is -0.120. The number of nitrogens with one attached hydrogen (secondary N) is 1. The van der Waals surface area contributed by atoms with E-state index < -0.39 is 11.6 Å². The summed E-state index contributed by atoms with van der Waals surface area (Å²) in [6.45, 7) is 9.27. The number of ether oxygens (including phenoxy) is 2. The summed E-state index contributed by atoms with van der Waals surface area (Å²) in [5, 5.41) is 7.81. The monoisotopic (exact) mass is 498 g/mol. The van der Waals surface area contributed by atoms with Crippen molar-refractivity contribution in [2.75, 3.05) is 49.1 Å². The minimum absolute atomic E-state index is 0.253. The molecule has 2 aromatic rings. The maximum Gasteiger partial charge on any atom is 0.410 e. The summed E-state index contributed by atoms with van der Waals surface area (Å²) in [6.07, 6.45) is 1.49. The van der Waals surface area contributed by atoms with Gasteiger partial charge in [-0.05, 0) is 51.8 Å². The number of imide groups is 1. The van der Waals surface area contributed by atoms with E-state index in [1.807, 2.05) is 33.9 Å². The van der Waals surface area contributed by atoms with Gasteiger partial charge >= 0.3 is 12.1 Å². The van der Waals surface area contributed by atoms with E-state index in [-0.39, 0.29) is 24.0 Å². The molecule has 11 heteroatoms. The van der Waals surface area contributed by atoms with E-state index in [2.05, 4.69) is 27.4 Å². The van der Waals surface area contributed by atoms with E-state index in [0.717, 1.165) is 42.5 Å². The molecular formula is C25H34N6O5. The first-order valence-corrected chi connectivity index (χ1v) is 12.5. The minimum atomic E-state index is -0.510. The number of urea groups is 1. The zero-order valence-electron chi connectivity index (χ0n) is 21.4. The van der Waals surface area contributed by atoms with Crippen LogP contribution >= 0.6 is 0 Å². The number of aryl methyl sites for hydroxylation is 1. The maximum absolute atomic E-state index is 12.5. The fourth-order valence-electron chi connectivity index (χ4n) is 5.18. The van der Waals surface area contributed by atoms with Gasteiger partial charge in [0.05, 0.1) is 17.7 Å². The second-order valence-electron chi connectivity index (χ2n) is 10.8. The number of anilines is 2. The number of benzene rings is 1. The Kier molecular flexibility index (Phi) is 6.06. The summed E-state index contributed by atoms with van der Waals surface area (Å²) < 4.78 is 13.6. The predicted octanol–water partition coefficient (Wildman–Crippen LogP) is 2.63. The number of carbonyl (C=O) groups excluding carboxylic acids is 3. The number of piperidine rings is 1. The second kappa shape index (κ2) is 8.95. The van der Waals surface area contributed by atoms with Crippen LogP contribution in [-0.2, 0) is 21.3 Å². The summed E-state index contributed by atoms with van der Waals surface area (Å²) in [5.74, 6) is 0.286. The fourth-order valence-corrected chi connectivity index (χ4v) is 5.18. The molecule has 4 heterocycles. The highest BCUT2D eigenvalue weighted by Gasteiger charge is 2.41. The Morgan fingerprint density at radius 2 is 1.89 bits per heavy atom. The highest BCUT2D eigenvalue weighted by Crippen LogP contribution is 2.35. The lowest BCUT2D eigenvalue weighted by Gasteiger charge is -2.47. The van der Waals surface area contributed by atoms with E-state index in [1.54, 1.807) is 9.58 Å². The highest BCUT2D eigenvalue weighted by atomic mass is 16.6. The molecule has 36 heavy (non-hydrogen) atoms. The third kappa shape index (κ3) is 4.71. The number of aromatic nitrogens is 2. The Bertz CT molecular complexity index is 1190. The second-order valence-corrected chi connectivity index (χ2v) is 10.8. The molecule has 1 N–H and O–H groups in total. The van der Waals surface area contributed by atoms with Gasteiger partial charge in [-0.2, -0.15) is 5.10 Å². The van der Waals surface area contributed by atoms with Crippen molar-refractivity contribution in [1.82, 2.24) is 20.0 Å². The number of likely N-dealkylation sites (tertiary alicyclic amines) is 1. The van der Waals surface area contributed by atoms with Gasteiger partial charge in [0.25, 0.3) is 0 Å². The van der Waals surface area contributed by atoms with Gasteiger partial charge in [-0.15, -0.1) is 0 Å². The fraction of sp³-hybridized carbons (Fsp3) is 0.600. The standard InChI is InChI=1S/C25H34N6O5/c1-24(2,3)36-23(34)29-11-8-25(9-12-29)16-30(13-14-35-25)17-5-6-18-19(15-17)28(4)27-21(18)31-10-7-20(32)26-22(31)33/h5-6,15H,7-14,16H2,1-4H3,(H,26,32,33). The van der Waals surface area contributed by atoms with E-state index in [9.17, 15) is 14.4 Å². The molecule has 3 aliphatic heterocycles. The van der Waals surface area contributed by atoms with Crippen LogP contribution < -0.4 is 15.1 Å². The quantitative estimate of drug-likeness (QED) is 0.678. The van der Waals surface area contributed by atoms with E-state index >= 15 is 0 Å². The van der Waals surface area contributed by atoms with E-state index in [1.165, 1.54) is 4.90 Å². The number of amides is 4. The zero-order valence-corrected chi connectivity index (χ0v) is 21.4. The van der Waals surface area contributed by atoms with Gasteiger partial charge in [-0.1, -0.05) is 0 Å². The van der Waals surface area contributed by atoms with Crippen molar-refractivity contribution in [2.24, 2.45) is 7.05 Å². The van der Waals surface area contributed by atoms with Crippen molar-refractivity contribution in [3.8, 4) is 0 Å². The topological polar surface area (TPSA) is 109 Å². The Hall–Kier alpha value is -3.34. The van der Waals surface area contributed by atoms with Crippen LogP contribution in [0, 0.1) is 0 Å². The number of fused-ring (bicyclic) bond motifs is 1. The molecule has 0 saturated carbocycles. The molecule has 0 aliphatic carbocycles. The third-order valence-corrected chi connectivity index (χ3v) is 7.07. The molecule has 0 bridgehead atoms. The summed E-state index contributed by atoms with van der Waals surface area (Å²) in [5.41, 5.74) is 1.16. The molecule has 1 spiro atoms. The summed E-state index contributed by atoms with van der Waals surface area (Å²) in [6, 6.07) is 5.69. The van der Waals surface area contributed by atoms with Gasteiger partial charge in [0, 0.05) is 57.3 Å². The van der Waals surface area contributed by atoms with Crippen LogP contribution in [0.5, 0.6) is 0 Å². The van der Waals surface area contributed by atoms with Crippen LogP contribution in [0.1, 0.15) is 40.0 Å². The molecule has 0 unspecified atom stereocenters. The van der Waals surface area contributed by atoms with Crippen LogP contribution in [0.15, 0.2) is 18.2 Å². The first-order chi connectivity index (χ1) is 17.0. The van der Waals surface area contributed by atoms with Crippen LogP contribution in [0.4, 0.5) is 21.1 Å². The Morgan fingerprint density at radius 3 is 2.58 bits per heavy atom. The molecule has 11 nitrogen and oxygen atoms in total. The van der Waals surface area contributed by atoms with Gasteiger partial charge < -0.3 is 19.3 Å². The number of nitrogens with zero attached hydrogens (tertiary/aromatic N) is 5. The lowest BCUT2D eigenvalue weighted by atomic mass is 9.89. The van der Waals surface area contributed by atoms with E-state index in [0.29, 0.717) is 32.1 Å². The zero-order chi connectivity index (χ0) is 25.7. The first-order valence-electron chi connectivity index (χ1n) is 12.5. The maximum atomic E-state index is 12.5. The van der Waals surface area contributed by atoms with Crippen LogP contribution in [0.3, 0.4) is 0 Å². The smallest absolute Gasteiger partial charge is 0.410 e. The summed E-state index contributed by atoms with van der Waals surface area (Å²) in [4.78, 5) is 42.0. The van der Waals surface area contributed by atoms with Crippen molar-refractivity contribution >= 4 is 40.4 Å². The Morgan fingerprint density at radius 1 is 1.14 bits per heavy atom. The van der Waals surface area contributed by atoms with Gasteiger partial charge in [0.15, 0.2) is 5.82 Å². The first kappa shape index (κ1) is 24.4. The number of rotatable bonds is 2. The molecule has 3 aliphatic rings. The van der Waals surface area contributed by atoms with Gasteiger partial charge in [-0.3, -0.25) is 19.7 Å². The van der Waals surface area contributed by atoms with Crippen molar-refractivity contribution in [3.63, 3.8) is 0 Å². The Labute approximate surface area is 210 Å². The highest BCUT2D eigenvalue weighted by molar-refractivity contribution is 6.09. The van der Waals surface area contributed by atoms with Gasteiger partial charge in [-0.25, -0.2) is 9.59 Å². The van der Waals surface area contributed by atoms with Gasteiger partial charge in [0.1, 0.15) is 5.60 Å². The number of hydrogen-bond acceptors (Lipinski definition) is 7. The van der Waals surface area contributed by atoms with E-state index in [4.69, 9.17) is 9.47 Å². The largest absolute Gasteiger partial charge is 0.444 e. The molecule has 5 rings (SSSR count). The minimum Gasteiger partial charge on any atom is -0.444 e. The molecular weight excluding hydrogens is 464 g/mol. The van der Waals surface area contributed by atoms with Crippen LogP contribution in [0.25, 0.3) is 10.9 Å². The number of morpholine rings is 1. The number of hydrogen-bond donors (Lipinski definition) is 1. The molecule has 194 valence electrons. The average Bonchev–Trinajstić information content (AvgIpc) is 3.14. The molecule has 0 atom stereocenters. The molecule has 3 fully saturated rings. The van der Waals surface area contributed by atoms with Gasteiger partial charge in [0.2, 0.25) is 5.91 Å². The van der Waals surface area contributed by atoms with Crippen molar-refractivity contribution in [3.05, 3.63) is 18.2 Å². The normalized spacial score (nSPS) is 20.7. The average molecular weight is 499 g/mol. The predicted molar refractivity (Wildman–Crippen MR) is 134 cm³/mol. The molecule has 1 aromatic heterocycles. The van der Waals surface area contributed by atoms with Crippen molar-refractivity contribution in [2.45, 2.75) is 51.2 Å². The third-order valence-electron chi connectivity index (χ3n) is 7.07. The summed E-state index contributed by atoms with van der Waals surface area (Å²) in [7, 11) is 1.86. The molecule has 1 aromatic carbocycles. The van der Waals surface area contributed by atoms with Crippen LogP contribution in [0.2, 0.25) is 0 Å². The Balaban J connectivity index is 1.31. The van der Waals surface area contributed by atoms with Crippen molar-refractivity contribution in [1.29, 1.82) is 0 Å². The van der Waals surface area contributed by atoms with Crippen molar-refractivity contribution < 1.29 is 23.9 Å². The summed E-state index contributed by atoms with van der Waals surface area (Å²) >= 11 is 0. The van der Waals surface area contributed by atoms with Crippen LogP contribution in [-0.4, -0.2) is 83.2 Å². The number of carbonyl (C=O) groups is 3. The lowest BCUT2D eigenvalue weighted by Crippen LogP contribution is -2.58.